The summed E-state index contributed by atoms with van der Waals surface area (Å²) in [6.07, 6.45) is 8.13. The minimum Gasteiger partial charge on any atom is -0.487 e. The van der Waals surface area contributed by atoms with Gasteiger partial charge in [-0.25, -0.2) is 0 Å². The monoisotopic (exact) mass is 281 g/mol. The SMILES string of the molecule is CCOc1c(N)nsc1N1CCCC2CCCCC21. The first-order chi connectivity index (χ1) is 9.31. The zero-order valence-electron chi connectivity index (χ0n) is 11.6. The van der Waals surface area contributed by atoms with Crippen molar-refractivity contribution in [3.8, 4) is 5.75 Å². The molecule has 1 aromatic rings. The van der Waals surface area contributed by atoms with Crippen molar-refractivity contribution >= 4 is 22.4 Å². The first kappa shape index (κ1) is 13.0. The van der Waals surface area contributed by atoms with Gasteiger partial charge in [0.25, 0.3) is 0 Å². The third-order valence-electron chi connectivity index (χ3n) is 4.45. The number of nitrogen functional groups attached to an aromatic ring is 1. The fourth-order valence-electron chi connectivity index (χ4n) is 3.62. The number of rotatable bonds is 3. The first-order valence-corrected chi connectivity index (χ1v) is 8.23. The van der Waals surface area contributed by atoms with E-state index in [4.69, 9.17) is 10.5 Å². The first-order valence-electron chi connectivity index (χ1n) is 7.45. The average molecular weight is 281 g/mol. The van der Waals surface area contributed by atoms with E-state index in [1.165, 1.54) is 50.1 Å². The highest BCUT2D eigenvalue weighted by molar-refractivity contribution is 7.11. The van der Waals surface area contributed by atoms with E-state index >= 15 is 0 Å². The van der Waals surface area contributed by atoms with Gasteiger partial charge in [0.2, 0.25) is 0 Å². The minimum absolute atomic E-state index is 0.555. The van der Waals surface area contributed by atoms with Gasteiger partial charge in [0.1, 0.15) is 0 Å². The number of hydrogen-bond acceptors (Lipinski definition) is 5. The molecule has 4 nitrogen and oxygen atoms in total. The largest absolute Gasteiger partial charge is 0.487 e. The average Bonchev–Trinajstić information content (AvgIpc) is 2.80. The van der Waals surface area contributed by atoms with E-state index in [1.807, 2.05) is 6.92 Å². The van der Waals surface area contributed by atoms with Gasteiger partial charge in [-0.1, -0.05) is 12.8 Å². The summed E-state index contributed by atoms with van der Waals surface area (Å²) in [7, 11) is 0. The predicted octanol–water partition coefficient (Wildman–Crippen LogP) is 3.28. The van der Waals surface area contributed by atoms with Crippen molar-refractivity contribution in [2.24, 2.45) is 5.92 Å². The topological polar surface area (TPSA) is 51.4 Å². The molecule has 3 rings (SSSR count). The molecule has 2 heterocycles. The van der Waals surface area contributed by atoms with E-state index in [1.54, 1.807) is 0 Å². The summed E-state index contributed by atoms with van der Waals surface area (Å²) in [5, 5.41) is 1.16. The molecule has 1 saturated heterocycles. The van der Waals surface area contributed by atoms with Crippen LogP contribution in [0.3, 0.4) is 0 Å². The van der Waals surface area contributed by atoms with Crippen molar-refractivity contribution in [1.29, 1.82) is 0 Å². The predicted molar refractivity (Wildman–Crippen MR) is 80.0 cm³/mol. The summed E-state index contributed by atoms with van der Waals surface area (Å²) >= 11 is 1.50. The molecule has 0 amide bonds. The molecule has 2 aliphatic rings. The molecular formula is C14H23N3OS. The van der Waals surface area contributed by atoms with Crippen LogP contribution in [0.1, 0.15) is 45.4 Å². The maximum Gasteiger partial charge on any atom is 0.197 e. The number of fused-ring (bicyclic) bond motifs is 1. The Hall–Kier alpha value is -0.970. The Morgan fingerprint density at radius 2 is 2.11 bits per heavy atom. The van der Waals surface area contributed by atoms with Crippen LogP contribution in [0.2, 0.25) is 0 Å². The molecule has 0 bridgehead atoms. The number of piperidine rings is 1. The normalized spacial score (nSPS) is 27.1. The van der Waals surface area contributed by atoms with Gasteiger partial charge >= 0.3 is 0 Å². The van der Waals surface area contributed by atoms with E-state index in [2.05, 4.69) is 9.27 Å². The second kappa shape index (κ2) is 5.57. The molecule has 5 heteroatoms. The molecular weight excluding hydrogens is 258 g/mol. The van der Waals surface area contributed by atoms with Crippen molar-refractivity contribution in [3.63, 3.8) is 0 Å². The van der Waals surface area contributed by atoms with Gasteiger partial charge in [0.15, 0.2) is 16.6 Å². The zero-order chi connectivity index (χ0) is 13.2. The van der Waals surface area contributed by atoms with Crippen LogP contribution in [-0.4, -0.2) is 23.6 Å². The summed E-state index contributed by atoms with van der Waals surface area (Å²) in [4.78, 5) is 2.53. The Labute approximate surface area is 119 Å². The molecule has 2 atom stereocenters. The highest BCUT2D eigenvalue weighted by Gasteiger charge is 2.35. The van der Waals surface area contributed by atoms with E-state index in [0.29, 0.717) is 18.5 Å². The lowest BCUT2D eigenvalue weighted by Crippen LogP contribution is -2.46. The van der Waals surface area contributed by atoms with Crippen molar-refractivity contribution in [1.82, 2.24) is 4.37 Å². The number of nitrogens with two attached hydrogens (primary N) is 1. The molecule has 1 aliphatic carbocycles. The number of ether oxygens (including phenoxy) is 1. The number of nitrogens with zero attached hydrogens (tertiary/aromatic N) is 2. The number of hydrogen-bond donors (Lipinski definition) is 1. The number of aromatic nitrogens is 1. The molecule has 106 valence electrons. The van der Waals surface area contributed by atoms with Gasteiger partial charge in [-0.3, -0.25) is 0 Å². The van der Waals surface area contributed by atoms with Crippen LogP contribution in [0.5, 0.6) is 5.75 Å². The summed E-state index contributed by atoms with van der Waals surface area (Å²) in [6.45, 7) is 3.78. The van der Waals surface area contributed by atoms with Crippen molar-refractivity contribution in [2.45, 2.75) is 51.5 Å². The molecule has 0 spiro atoms. The maximum atomic E-state index is 5.95. The Morgan fingerprint density at radius 1 is 1.32 bits per heavy atom. The molecule has 2 unspecified atom stereocenters. The van der Waals surface area contributed by atoms with Crippen molar-refractivity contribution < 1.29 is 4.74 Å². The standard InChI is InChI=1S/C14H23N3OS/c1-2-18-12-13(15)16-19-14(12)17-9-5-7-10-6-3-4-8-11(10)17/h10-11H,2-9H2,1H3,(H2,15,16). The van der Waals surface area contributed by atoms with Crippen molar-refractivity contribution in [3.05, 3.63) is 0 Å². The fourth-order valence-corrected chi connectivity index (χ4v) is 4.47. The molecule has 0 aromatic carbocycles. The lowest BCUT2D eigenvalue weighted by atomic mass is 9.78. The van der Waals surface area contributed by atoms with Gasteiger partial charge < -0.3 is 15.4 Å². The van der Waals surface area contributed by atoms with Crippen LogP contribution < -0.4 is 15.4 Å². The summed E-state index contributed by atoms with van der Waals surface area (Å²) in [6, 6.07) is 0.682. The summed E-state index contributed by atoms with van der Waals surface area (Å²) in [5.74, 6) is 2.24. The van der Waals surface area contributed by atoms with E-state index < -0.39 is 0 Å². The molecule has 1 aliphatic heterocycles. The Kier molecular flexibility index (Phi) is 3.82. The van der Waals surface area contributed by atoms with Gasteiger partial charge in [-0.2, -0.15) is 4.37 Å². The van der Waals surface area contributed by atoms with Crippen LogP contribution in [-0.2, 0) is 0 Å². The van der Waals surface area contributed by atoms with Crippen molar-refractivity contribution in [2.75, 3.05) is 23.8 Å². The van der Waals surface area contributed by atoms with E-state index in [-0.39, 0.29) is 0 Å². The summed E-state index contributed by atoms with van der Waals surface area (Å²) < 4.78 is 10.0. The lowest BCUT2D eigenvalue weighted by Gasteiger charge is -2.44. The summed E-state index contributed by atoms with van der Waals surface area (Å²) in [5.41, 5.74) is 5.95. The second-order valence-corrected chi connectivity index (χ2v) is 6.33. The minimum atomic E-state index is 0.555. The van der Waals surface area contributed by atoms with Crippen LogP contribution in [0.15, 0.2) is 0 Å². The Morgan fingerprint density at radius 3 is 2.95 bits per heavy atom. The third kappa shape index (κ3) is 2.40. The highest BCUT2D eigenvalue weighted by Crippen LogP contribution is 2.45. The van der Waals surface area contributed by atoms with Gasteiger partial charge in [-0.15, -0.1) is 0 Å². The number of anilines is 2. The third-order valence-corrected chi connectivity index (χ3v) is 5.33. The lowest BCUT2D eigenvalue weighted by molar-refractivity contribution is 0.242. The second-order valence-electron chi connectivity index (χ2n) is 5.58. The Balaban J connectivity index is 1.87. The van der Waals surface area contributed by atoms with Crippen LogP contribution >= 0.6 is 11.5 Å². The highest BCUT2D eigenvalue weighted by atomic mass is 32.1. The van der Waals surface area contributed by atoms with Gasteiger partial charge in [0.05, 0.1) is 6.61 Å². The van der Waals surface area contributed by atoms with Crippen LogP contribution in [0.4, 0.5) is 10.8 Å². The maximum absolute atomic E-state index is 5.95. The molecule has 19 heavy (non-hydrogen) atoms. The van der Waals surface area contributed by atoms with E-state index in [0.717, 1.165) is 23.2 Å². The smallest absolute Gasteiger partial charge is 0.197 e. The van der Waals surface area contributed by atoms with E-state index in [9.17, 15) is 0 Å². The Bertz CT molecular complexity index is 432. The molecule has 1 aromatic heterocycles. The molecule has 2 fully saturated rings. The van der Waals surface area contributed by atoms with Gasteiger partial charge in [-0.05, 0) is 50.1 Å². The molecule has 2 N–H and O–H groups in total. The molecule has 0 radical (unpaired) electrons. The zero-order valence-corrected chi connectivity index (χ0v) is 12.4. The quantitative estimate of drug-likeness (QED) is 0.923. The fraction of sp³-hybridized carbons (Fsp3) is 0.786. The van der Waals surface area contributed by atoms with Gasteiger partial charge in [0, 0.05) is 12.6 Å². The molecule has 1 saturated carbocycles. The van der Waals surface area contributed by atoms with Crippen LogP contribution in [0.25, 0.3) is 0 Å². The van der Waals surface area contributed by atoms with Crippen LogP contribution in [0, 0.1) is 5.92 Å².